The minimum Gasteiger partial charge on any atom is -0.341 e. The molecule has 2 heteroatoms. The van der Waals surface area contributed by atoms with Crippen LogP contribution in [-0.2, 0) is 9.47 Å². The molecule has 0 spiro atoms. The van der Waals surface area contributed by atoms with E-state index in [2.05, 4.69) is 12.2 Å². The van der Waals surface area contributed by atoms with E-state index in [1.807, 2.05) is 26.0 Å². The van der Waals surface area contributed by atoms with E-state index >= 15 is 0 Å². The van der Waals surface area contributed by atoms with Crippen molar-refractivity contribution in [3.8, 4) is 0 Å². The molecule has 0 aromatic carbocycles. The minimum absolute atomic E-state index is 0.0538. The van der Waals surface area contributed by atoms with Crippen molar-refractivity contribution in [3.63, 3.8) is 0 Å². The highest BCUT2D eigenvalue weighted by molar-refractivity contribution is 5.43. The van der Waals surface area contributed by atoms with Crippen molar-refractivity contribution < 1.29 is 9.47 Å². The number of hydrogen-bond acceptors (Lipinski definition) is 2. The summed E-state index contributed by atoms with van der Waals surface area (Å²) < 4.78 is 10.9. The van der Waals surface area contributed by atoms with Gasteiger partial charge >= 0.3 is 0 Å². The molecule has 0 aromatic heterocycles. The second-order valence-electron chi connectivity index (χ2n) is 3.08. The van der Waals surface area contributed by atoms with Gasteiger partial charge in [0.25, 0.3) is 0 Å². The van der Waals surface area contributed by atoms with E-state index in [9.17, 15) is 0 Å². The van der Waals surface area contributed by atoms with Crippen molar-refractivity contribution >= 4 is 0 Å². The van der Waals surface area contributed by atoms with Crippen molar-refractivity contribution in [2.75, 3.05) is 6.79 Å². The Morgan fingerprint density at radius 2 is 1.50 bits per heavy atom. The van der Waals surface area contributed by atoms with Crippen LogP contribution in [0.2, 0.25) is 0 Å². The second-order valence-corrected chi connectivity index (χ2v) is 3.08. The van der Waals surface area contributed by atoms with E-state index in [0.29, 0.717) is 6.79 Å². The molecular weight excluding hydrogens is 152 g/mol. The van der Waals surface area contributed by atoms with Crippen LogP contribution in [0.15, 0.2) is 24.3 Å². The van der Waals surface area contributed by atoms with Gasteiger partial charge in [-0.25, -0.2) is 0 Å². The number of rotatable bonds is 0. The predicted molar refractivity (Wildman–Crippen MR) is 46.7 cm³/mol. The van der Waals surface area contributed by atoms with Crippen molar-refractivity contribution in [3.05, 3.63) is 24.3 Å². The van der Waals surface area contributed by atoms with Gasteiger partial charge in [0.15, 0.2) is 0 Å². The van der Waals surface area contributed by atoms with Gasteiger partial charge in [-0.1, -0.05) is 26.0 Å². The van der Waals surface area contributed by atoms with E-state index in [1.165, 1.54) is 0 Å². The zero-order chi connectivity index (χ0) is 8.66. The third kappa shape index (κ3) is 0.767. The Kier molecular flexibility index (Phi) is 1.63. The fraction of sp³-hybridized carbons (Fsp3) is 0.600. The van der Waals surface area contributed by atoms with Crippen LogP contribution in [0.5, 0.6) is 0 Å². The molecule has 2 fully saturated rings. The van der Waals surface area contributed by atoms with Crippen LogP contribution in [-0.4, -0.2) is 18.0 Å². The van der Waals surface area contributed by atoms with Gasteiger partial charge in [0.2, 0.25) is 0 Å². The molecule has 1 saturated heterocycles. The lowest BCUT2D eigenvalue weighted by atomic mass is 10.1. The van der Waals surface area contributed by atoms with Crippen LogP contribution < -0.4 is 0 Å². The van der Waals surface area contributed by atoms with Gasteiger partial charge < -0.3 is 9.47 Å². The SMILES string of the molecule is C1=CC23CC2(C=C1)OCO3.CC. The molecule has 3 rings (SSSR count). The fourth-order valence-corrected chi connectivity index (χ4v) is 1.85. The quantitative estimate of drug-likeness (QED) is 0.548. The maximum absolute atomic E-state index is 5.45. The van der Waals surface area contributed by atoms with Crippen LogP contribution in [0.4, 0.5) is 0 Å². The van der Waals surface area contributed by atoms with Gasteiger partial charge in [0.1, 0.15) is 18.0 Å². The van der Waals surface area contributed by atoms with Crippen LogP contribution in [0.1, 0.15) is 20.3 Å². The molecule has 0 amide bonds. The molecule has 66 valence electrons. The van der Waals surface area contributed by atoms with Crippen molar-refractivity contribution in [1.82, 2.24) is 0 Å². The highest BCUT2D eigenvalue weighted by Crippen LogP contribution is 2.60. The van der Waals surface area contributed by atoms with Gasteiger partial charge in [-0.05, 0) is 12.2 Å². The average molecular weight is 166 g/mol. The Bertz CT molecular complexity index is 220. The first-order valence-electron chi connectivity index (χ1n) is 4.52. The molecular formula is C10H14O2. The molecule has 3 aliphatic rings. The molecule has 0 N–H and O–H groups in total. The molecule has 12 heavy (non-hydrogen) atoms. The first kappa shape index (κ1) is 8.02. The zero-order valence-electron chi connectivity index (χ0n) is 7.54. The Balaban J connectivity index is 0.000000264. The Morgan fingerprint density at radius 3 is 2.00 bits per heavy atom. The highest BCUT2D eigenvalue weighted by atomic mass is 16.7. The van der Waals surface area contributed by atoms with Crippen LogP contribution in [0, 0.1) is 0 Å². The lowest BCUT2D eigenvalue weighted by Gasteiger charge is -2.09. The Morgan fingerprint density at radius 1 is 1.00 bits per heavy atom. The molecule has 2 unspecified atom stereocenters. The molecule has 2 atom stereocenters. The van der Waals surface area contributed by atoms with Gasteiger partial charge in [-0.3, -0.25) is 0 Å². The van der Waals surface area contributed by atoms with Gasteiger partial charge in [-0.15, -0.1) is 0 Å². The fourth-order valence-electron chi connectivity index (χ4n) is 1.85. The van der Waals surface area contributed by atoms with E-state index in [0.717, 1.165) is 6.42 Å². The molecule has 2 nitrogen and oxygen atoms in total. The maximum atomic E-state index is 5.45. The summed E-state index contributed by atoms with van der Waals surface area (Å²) in [6.45, 7) is 4.45. The highest BCUT2D eigenvalue weighted by Gasteiger charge is 2.72. The summed E-state index contributed by atoms with van der Waals surface area (Å²) in [6.07, 6.45) is 9.26. The Labute approximate surface area is 72.9 Å². The number of allylic oxidation sites excluding steroid dienone is 2. The smallest absolute Gasteiger partial charge is 0.149 e. The third-order valence-corrected chi connectivity index (χ3v) is 2.59. The molecule has 1 saturated carbocycles. The van der Waals surface area contributed by atoms with Crippen LogP contribution in [0.3, 0.4) is 0 Å². The topological polar surface area (TPSA) is 18.5 Å². The standard InChI is InChI=1S/C8H8O2.C2H6/c1-2-4-8-5-7(8,3-1)9-6-10-8;1-2/h1-4H,5-6H2;1-2H3. The second kappa shape index (κ2) is 2.44. The van der Waals surface area contributed by atoms with Crippen LogP contribution >= 0.6 is 0 Å². The van der Waals surface area contributed by atoms with Gasteiger partial charge in [0, 0.05) is 6.42 Å². The number of ether oxygens (including phenoxy) is 2. The van der Waals surface area contributed by atoms with E-state index in [1.54, 1.807) is 0 Å². The summed E-state index contributed by atoms with van der Waals surface area (Å²) in [7, 11) is 0. The molecule has 0 radical (unpaired) electrons. The average Bonchev–Trinajstić information content (AvgIpc) is 2.65. The number of hydrogen-bond donors (Lipinski definition) is 0. The largest absolute Gasteiger partial charge is 0.341 e. The van der Waals surface area contributed by atoms with Gasteiger partial charge in [0.05, 0.1) is 0 Å². The summed E-state index contributed by atoms with van der Waals surface area (Å²) >= 11 is 0. The van der Waals surface area contributed by atoms with E-state index in [-0.39, 0.29) is 11.2 Å². The molecule has 0 aromatic rings. The summed E-state index contributed by atoms with van der Waals surface area (Å²) in [5, 5.41) is 0. The normalized spacial score (nSPS) is 45.8. The van der Waals surface area contributed by atoms with Gasteiger partial charge in [-0.2, -0.15) is 0 Å². The molecule has 2 aliphatic carbocycles. The van der Waals surface area contributed by atoms with Crippen molar-refractivity contribution in [2.24, 2.45) is 0 Å². The summed E-state index contributed by atoms with van der Waals surface area (Å²) in [4.78, 5) is 0. The maximum Gasteiger partial charge on any atom is 0.149 e. The lowest BCUT2D eigenvalue weighted by molar-refractivity contribution is -0.0131. The summed E-state index contributed by atoms with van der Waals surface area (Å²) in [6, 6.07) is 0. The van der Waals surface area contributed by atoms with Crippen LogP contribution in [0.25, 0.3) is 0 Å². The van der Waals surface area contributed by atoms with E-state index < -0.39 is 0 Å². The summed E-state index contributed by atoms with van der Waals surface area (Å²) in [5.41, 5.74) is -0.108. The lowest BCUT2D eigenvalue weighted by Crippen LogP contribution is -2.18. The third-order valence-electron chi connectivity index (χ3n) is 2.59. The minimum atomic E-state index is -0.0538. The van der Waals surface area contributed by atoms with E-state index in [4.69, 9.17) is 9.47 Å². The first-order valence-corrected chi connectivity index (χ1v) is 4.52. The zero-order valence-corrected chi connectivity index (χ0v) is 7.54. The molecule has 0 bridgehead atoms. The Hall–Kier alpha value is -0.600. The van der Waals surface area contributed by atoms with Crippen molar-refractivity contribution in [1.29, 1.82) is 0 Å². The molecule has 1 heterocycles. The predicted octanol–water partition coefficient (Wildman–Crippen LogP) is 2.02. The summed E-state index contributed by atoms with van der Waals surface area (Å²) in [5.74, 6) is 0. The first-order chi connectivity index (χ1) is 5.87. The monoisotopic (exact) mass is 166 g/mol. The molecule has 1 aliphatic heterocycles. The van der Waals surface area contributed by atoms with Crippen molar-refractivity contribution in [2.45, 2.75) is 31.5 Å².